The van der Waals surface area contributed by atoms with Gasteiger partial charge in [-0.05, 0) is 47.9 Å². The molecule has 0 aliphatic carbocycles. The van der Waals surface area contributed by atoms with Crippen molar-refractivity contribution in [2.75, 3.05) is 0 Å². The molecule has 0 spiro atoms. The summed E-state index contributed by atoms with van der Waals surface area (Å²) >= 11 is 0. The molecular formula is C23H20N4O. The molecule has 138 valence electrons. The smallest absolute Gasteiger partial charge is 0.251 e. The lowest BCUT2D eigenvalue weighted by Crippen LogP contribution is -2.26. The zero-order chi connectivity index (χ0) is 19.3. The zero-order valence-electron chi connectivity index (χ0n) is 15.5. The van der Waals surface area contributed by atoms with E-state index >= 15 is 0 Å². The summed E-state index contributed by atoms with van der Waals surface area (Å²) in [6.07, 6.45) is 3.15. The van der Waals surface area contributed by atoms with Crippen molar-refractivity contribution < 1.29 is 4.79 Å². The molecule has 0 fully saturated rings. The fourth-order valence-electron chi connectivity index (χ4n) is 3.07. The second-order valence-electron chi connectivity index (χ2n) is 6.57. The van der Waals surface area contributed by atoms with Gasteiger partial charge in [0.25, 0.3) is 5.91 Å². The Morgan fingerprint density at radius 2 is 1.57 bits per heavy atom. The number of rotatable bonds is 5. The van der Waals surface area contributed by atoms with Crippen molar-refractivity contribution in [1.29, 1.82) is 0 Å². The average Bonchev–Trinajstić information content (AvgIpc) is 3.29. The van der Waals surface area contributed by atoms with Crippen molar-refractivity contribution in [3.8, 4) is 16.8 Å². The standard InChI is InChI=1S/C23H20N4O/c1-17(18-11-13-22(14-12-18)27-16-24-15-25-27)26-23(28)21-9-7-20(8-10-21)19-5-3-2-4-6-19/h2-17H,1H3,(H,26,28). The van der Waals surface area contributed by atoms with Gasteiger partial charge in [-0.25, -0.2) is 9.67 Å². The first-order chi connectivity index (χ1) is 13.7. The largest absolute Gasteiger partial charge is 0.346 e. The molecule has 5 heteroatoms. The first-order valence-electron chi connectivity index (χ1n) is 9.12. The maximum Gasteiger partial charge on any atom is 0.251 e. The second kappa shape index (κ2) is 7.88. The molecule has 1 N–H and O–H groups in total. The number of amides is 1. The van der Waals surface area contributed by atoms with Crippen molar-refractivity contribution in [3.05, 3.63) is 103 Å². The van der Waals surface area contributed by atoms with E-state index in [0.717, 1.165) is 22.4 Å². The van der Waals surface area contributed by atoms with Crippen molar-refractivity contribution >= 4 is 5.91 Å². The van der Waals surface area contributed by atoms with Crippen LogP contribution >= 0.6 is 0 Å². The minimum Gasteiger partial charge on any atom is -0.346 e. The van der Waals surface area contributed by atoms with E-state index in [1.54, 1.807) is 11.0 Å². The molecule has 5 nitrogen and oxygen atoms in total. The SMILES string of the molecule is CC(NC(=O)c1ccc(-c2ccccc2)cc1)c1ccc(-n2cncn2)cc1. The number of nitrogens with one attached hydrogen (secondary N) is 1. The Labute approximate surface area is 163 Å². The Bertz CT molecular complexity index is 1040. The highest BCUT2D eigenvalue weighted by molar-refractivity contribution is 5.94. The summed E-state index contributed by atoms with van der Waals surface area (Å²) in [6, 6.07) is 25.6. The summed E-state index contributed by atoms with van der Waals surface area (Å²) in [6.45, 7) is 1.97. The van der Waals surface area contributed by atoms with Crippen molar-refractivity contribution in [2.24, 2.45) is 0 Å². The van der Waals surface area contributed by atoms with Crippen LogP contribution in [0.3, 0.4) is 0 Å². The van der Waals surface area contributed by atoms with Crippen LogP contribution in [0.4, 0.5) is 0 Å². The lowest BCUT2D eigenvalue weighted by molar-refractivity contribution is 0.0940. The minimum absolute atomic E-state index is 0.0903. The predicted octanol–water partition coefficient (Wildman–Crippen LogP) is 4.43. The second-order valence-corrected chi connectivity index (χ2v) is 6.57. The predicted molar refractivity (Wildman–Crippen MR) is 109 cm³/mol. The van der Waals surface area contributed by atoms with E-state index in [2.05, 4.69) is 27.5 Å². The van der Waals surface area contributed by atoms with Crippen LogP contribution in [0.1, 0.15) is 28.9 Å². The lowest BCUT2D eigenvalue weighted by atomic mass is 10.0. The maximum absolute atomic E-state index is 12.6. The average molecular weight is 368 g/mol. The van der Waals surface area contributed by atoms with Crippen LogP contribution in [-0.2, 0) is 0 Å². The van der Waals surface area contributed by atoms with E-state index in [9.17, 15) is 4.79 Å². The molecule has 1 unspecified atom stereocenters. The molecule has 0 radical (unpaired) electrons. The van der Waals surface area contributed by atoms with Crippen LogP contribution in [0.15, 0.2) is 91.5 Å². The van der Waals surface area contributed by atoms with E-state index in [1.807, 2.05) is 73.7 Å². The van der Waals surface area contributed by atoms with Crippen LogP contribution in [0.5, 0.6) is 0 Å². The number of carbonyl (C=O) groups is 1. The summed E-state index contributed by atoms with van der Waals surface area (Å²) in [4.78, 5) is 16.5. The number of hydrogen-bond donors (Lipinski definition) is 1. The zero-order valence-corrected chi connectivity index (χ0v) is 15.5. The number of benzene rings is 3. The van der Waals surface area contributed by atoms with Gasteiger partial charge in [-0.1, -0.05) is 54.6 Å². The highest BCUT2D eigenvalue weighted by atomic mass is 16.1. The number of nitrogens with zero attached hydrogens (tertiary/aromatic N) is 3. The maximum atomic E-state index is 12.6. The first-order valence-corrected chi connectivity index (χ1v) is 9.12. The van der Waals surface area contributed by atoms with Crippen LogP contribution in [0, 0.1) is 0 Å². The fourth-order valence-corrected chi connectivity index (χ4v) is 3.07. The van der Waals surface area contributed by atoms with Crippen LogP contribution in [-0.4, -0.2) is 20.7 Å². The third-order valence-corrected chi connectivity index (χ3v) is 4.68. The number of carbonyl (C=O) groups excluding carboxylic acids is 1. The Morgan fingerprint density at radius 1 is 0.893 bits per heavy atom. The van der Waals surface area contributed by atoms with Crippen LogP contribution < -0.4 is 5.32 Å². The third kappa shape index (κ3) is 3.83. The molecule has 0 aliphatic rings. The molecule has 0 aliphatic heterocycles. The van der Waals surface area contributed by atoms with Gasteiger partial charge in [0.2, 0.25) is 0 Å². The van der Waals surface area contributed by atoms with Crippen molar-refractivity contribution in [1.82, 2.24) is 20.1 Å². The molecule has 0 bridgehead atoms. The molecular weight excluding hydrogens is 348 g/mol. The van der Waals surface area contributed by atoms with E-state index in [-0.39, 0.29) is 11.9 Å². The summed E-state index contributed by atoms with van der Waals surface area (Å²) in [7, 11) is 0. The molecule has 1 aromatic heterocycles. The highest BCUT2D eigenvalue weighted by Gasteiger charge is 2.12. The summed E-state index contributed by atoms with van der Waals surface area (Å²) < 4.78 is 1.70. The highest BCUT2D eigenvalue weighted by Crippen LogP contribution is 2.20. The minimum atomic E-state index is -0.105. The van der Waals surface area contributed by atoms with Gasteiger partial charge in [0.1, 0.15) is 12.7 Å². The Hall–Kier alpha value is -3.73. The van der Waals surface area contributed by atoms with Crippen molar-refractivity contribution in [3.63, 3.8) is 0 Å². The van der Waals surface area contributed by atoms with Gasteiger partial charge in [0.05, 0.1) is 11.7 Å². The monoisotopic (exact) mass is 368 g/mol. The van der Waals surface area contributed by atoms with Gasteiger partial charge in [-0.2, -0.15) is 5.10 Å². The molecule has 4 aromatic rings. The summed E-state index contributed by atoms with van der Waals surface area (Å²) in [5.74, 6) is -0.0903. The Kier molecular flexibility index (Phi) is 4.97. The van der Waals surface area contributed by atoms with E-state index in [4.69, 9.17) is 0 Å². The van der Waals surface area contributed by atoms with E-state index < -0.39 is 0 Å². The number of hydrogen-bond acceptors (Lipinski definition) is 3. The molecule has 0 saturated carbocycles. The molecule has 3 aromatic carbocycles. The van der Waals surface area contributed by atoms with Crippen LogP contribution in [0.2, 0.25) is 0 Å². The molecule has 4 rings (SSSR count). The first kappa shape index (κ1) is 17.7. The van der Waals surface area contributed by atoms with Gasteiger partial charge in [0, 0.05) is 5.56 Å². The Balaban J connectivity index is 1.43. The molecule has 0 saturated heterocycles. The Morgan fingerprint density at radius 3 is 2.21 bits per heavy atom. The number of aromatic nitrogens is 3. The van der Waals surface area contributed by atoms with Gasteiger partial charge in [-0.3, -0.25) is 4.79 Å². The lowest BCUT2D eigenvalue weighted by Gasteiger charge is -2.15. The molecule has 1 heterocycles. The quantitative estimate of drug-likeness (QED) is 0.567. The molecule has 28 heavy (non-hydrogen) atoms. The molecule has 1 atom stereocenters. The van der Waals surface area contributed by atoms with Gasteiger partial charge in [-0.15, -0.1) is 0 Å². The third-order valence-electron chi connectivity index (χ3n) is 4.68. The van der Waals surface area contributed by atoms with Crippen LogP contribution in [0.25, 0.3) is 16.8 Å². The summed E-state index contributed by atoms with van der Waals surface area (Å²) in [5, 5.41) is 7.17. The fraction of sp³-hybridized carbons (Fsp3) is 0.0870. The normalized spacial score (nSPS) is 11.8. The van der Waals surface area contributed by atoms with Crippen molar-refractivity contribution in [2.45, 2.75) is 13.0 Å². The molecule has 1 amide bonds. The topological polar surface area (TPSA) is 59.8 Å². The van der Waals surface area contributed by atoms with Gasteiger partial charge < -0.3 is 5.32 Å². The van der Waals surface area contributed by atoms with Gasteiger partial charge >= 0.3 is 0 Å². The van der Waals surface area contributed by atoms with E-state index in [1.165, 1.54) is 6.33 Å². The van der Waals surface area contributed by atoms with Gasteiger partial charge in [0.15, 0.2) is 0 Å². The van der Waals surface area contributed by atoms with E-state index in [0.29, 0.717) is 5.56 Å². The summed E-state index contributed by atoms with van der Waals surface area (Å²) in [5.41, 5.74) is 4.82.